The van der Waals surface area contributed by atoms with Crippen molar-refractivity contribution in [1.82, 2.24) is 15.2 Å². The minimum atomic E-state index is -0.529. The van der Waals surface area contributed by atoms with Crippen LogP contribution in [-0.4, -0.2) is 20.3 Å². The van der Waals surface area contributed by atoms with Crippen LogP contribution in [-0.2, 0) is 0 Å². The molecule has 0 fully saturated rings. The van der Waals surface area contributed by atoms with Crippen molar-refractivity contribution >= 4 is 22.5 Å². The zero-order valence-electron chi connectivity index (χ0n) is 7.66. The van der Waals surface area contributed by atoms with Crippen molar-refractivity contribution in [3.63, 3.8) is 0 Å². The van der Waals surface area contributed by atoms with Crippen molar-refractivity contribution in [3.05, 3.63) is 23.1 Å². The molecule has 0 bridgehead atoms. The Morgan fingerprint density at radius 3 is 3.14 bits per heavy atom. The molecule has 0 saturated carbocycles. The minimum Gasteiger partial charge on any atom is -0.387 e. The summed E-state index contributed by atoms with van der Waals surface area (Å²) in [5.41, 5.74) is 1.42. The molecule has 5 heteroatoms. The second-order valence-corrected chi connectivity index (χ2v) is 3.47. The lowest BCUT2D eigenvalue weighted by atomic mass is 10.1. The zero-order valence-corrected chi connectivity index (χ0v) is 8.41. The third-order valence-electron chi connectivity index (χ3n) is 2.16. The highest BCUT2D eigenvalue weighted by molar-refractivity contribution is 6.30. The molecule has 2 aromatic rings. The summed E-state index contributed by atoms with van der Waals surface area (Å²) in [6.07, 6.45) is 1.69. The van der Waals surface area contributed by atoms with E-state index in [-0.39, 0.29) is 0 Å². The number of fused-ring (bicyclic) bond motifs is 1. The van der Waals surface area contributed by atoms with Gasteiger partial charge in [-0.15, -0.1) is 0 Å². The first-order valence-corrected chi connectivity index (χ1v) is 4.77. The molecule has 0 aliphatic carbocycles. The minimum absolute atomic E-state index is 0.406. The van der Waals surface area contributed by atoms with Gasteiger partial charge >= 0.3 is 0 Å². The molecule has 14 heavy (non-hydrogen) atoms. The molecular formula is C9H10ClN3O. The van der Waals surface area contributed by atoms with Crippen molar-refractivity contribution < 1.29 is 5.11 Å². The summed E-state index contributed by atoms with van der Waals surface area (Å²) < 4.78 is 0. The maximum Gasteiger partial charge on any atom is 0.129 e. The average molecular weight is 212 g/mol. The van der Waals surface area contributed by atoms with E-state index in [1.165, 1.54) is 0 Å². The van der Waals surface area contributed by atoms with Crippen molar-refractivity contribution in [2.45, 2.75) is 19.4 Å². The molecule has 2 rings (SSSR count). The Hall–Kier alpha value is -1.13. The number of halogens is 1. The van der Waals surface area contributed by atoms with E-state index in [4.69, 9.17) is 11.6 Å². The largest absolute Gasteiger partial charge is 0.387 e. The predicted molar refractivity (Wildman–Crippen MR) is 54.1 cm³/mol. The summed E-state index contributed by atoms with van der Waals surface area (Å²) in [7, 11) is 0. The zero-order chi connectivity index (χ0) is 10.1. The van der Waals surface area contributed by atoms with Crippen LogP contribution >= 0.6 is 11.6 Å². The average Bonchev–Trinajstić information content (AvgIpc) is 2.59. The quantitative estimate of drug-likeness (QED) is 0.748. The summed E-state index contributed by atoms with van der Waals surface area (Å²) in [5.74, 6) is 0. The molecule has 0 radical (unpaired) electrons. The Morgan fingerprint density at radius 2 is 2.43 bits per heavy atom. The van der Waals surface area contributed by atoms with Gasteiger partial charge in [0.25, 0.3) is 0 Å². The topological polar surface area (TPSA) is 61.8 Å². The number of aromatic nitrogens is 3. The molecule has 74 valence electrons. The van der Waals surface area contributed by atoms with E-state index >= 15 is 0 Å². The number of aliphatic hydroxyl groups excluding tert-OH is 1. The molecule has 2 aromatic heterocycles. The lowest BCUT2D eigenvalue weighted by Crippen LogP contribution is -1.95. The van der Waals surface area contributed by atoms with Gasteiger partial charge in [0, 0.05) is 5.39 Å². The van der Waals surface area contributed by atoms with Gasteiger partial charge < -0.3 is 5.11 Å². The van der Waals surface area contributed by atoms with Gasteiger partial charge in [-0.3, -0.25) is 5.10 Å². The molecule has 2 N–H and O–H groups in total. The third-order valence-corrected chi connectivity index (χ3v) is 2.36. The Balaban J connectivity index is 2.61. The maximum atomic E-state index is 9.67. The van der Waals surface area contributed by atoms with Crippen LogP contribution in [0.25, 0.3) is 10.9 Å². The van der Waals surface area contributed by atoms with E-state index in [1.54, 1.807) is 12.3 Å². The molecule has 0 aromatic carbocycles. The van der Waals surface area contributed by atoms with Gasteiger partial charge in [0.05, 0.1) is 18.0 Å². The molecule has 0 aliphatic heterocycles. The van der Waals surface area contributed by atoms with Gasteiger partial charge in [-0.05, 0) is 12.5 Å². The first kappa shape index (κ1) is 9.43. The number of H-pyrrole nitrogens is 1. The highest BCUT2D eigenvalue weighted by Crippen LogP contribution is 2.24. The number of nitrogens with one attached hydrogen (secondary N) is 1. The standard InChI is InChI=1S/C9H10ClN3O/c1-2-7(14)9-5-3-8(10)11-4-6(5)12-13-9/h3-4,7,14H,2H2,1H3,(H,12,13). The van der Waals surface area contributed by atoms with Crippen LogP contribution in [0.4, 0.5) is 0 Å². The van der Waals surface area contributed by atoms with Gasteiger partial charge in [0.1, 0.15) is 10.7 Å². The van der Waals surface area contributed by atoms with E-state index in [1.807, 2.05) is 6.92 Å². The van der Waals surface area contributed by atoms with Gasteiger partial charge in [-0.1, -0.05) is 18.5 Å². The van der Waals surface area contributed by atoms with Gasteiger partial charge in [0.2, 0.25) is 0 Å². The highest BCUT2D eigenvalue weighted by atomic mass is 35.5. The van der Waals surface area contributed by atoms with Crippen molar-refractivity contribution in [3.8, 4) is 0 Å². The SMILES string of the molecule is CCC(O)c1[nH]nc2cnc(Cl)cc12. The van der Waals surface area contributed by atoms with Crippen molar-refractivity contribution in [2.75, 3.05) is 0 Å². The number of aliphatic hydroxyl groups is 1. The molecule has 4 nitrogen and oxygen atoms in total. The summed E-state index contributed by atoms with van der Waals surface area (Å²) >= 11 is 5.76. The van der Waals surface area contributed by atoms with Crippen LogP contribution in [0.1, 0.15) is 25.1 Å². The van der Waals surface area contributed by atoms with Gasteiger partial charge in [0.15, 0.2) is 0 Å². The maximum absolute atomic E-state index is 9.67. The highest BCUT2D eigenvalue weighted by Gasteiger charge is 2.12. The van der Waals surface area contributed by atoms with Crippen LogP contribution in [0.2, 0.25) is 5.15 Å². The molecule has 0 amide bonds. The van der Waals surface area contributed by atoms with E-state index in [0.29, 0.717) is 17.3 Å². The lowest BCUT2D eigenvalue weighted by molar-refractivity contribution is 0.170. The van der Waals surface area contributed by atoms with E-state index in [2.05, 4.69) is 15.2 Å². The van der Waals surface area contributed by atoms with Crippen LogP contribution in [0.3, 0.4) is 0 Å². The third kappa shape index (κ3) is 1.47. The number of pyridine rings is 1. The second-order valence-electron chi connectivity index (χ2n) is 3.09. The number of hydrogen-bond acceptors (Lipinski definition) is 3. The number of aromatic amines is 1. The summed E-state index contributed by atoms with van der Waals surface area (Å²) in [4.78, 5) is 3.91. The van der Waals surface area contributed by atoms with E-state index < -0.39 is 6.10 Å². The van der Waals surface area contributed by atoms with E-state index in [9.17, 15) is 5.11 Å². The van der Waals surface area contributed by atoms with Gasteiger partial charge in [-0.2, -0.15) is 5.10 Å². The van der Waals surface area contributed by atoms with E-state index in [0.717, 1.165) is 10.9 Å². The molecule has 0 spiro atoms. The summed E-state index contributed by atoms with van der Waals surface area (Å²) in [5, 5.41) is 17.7. The summed E-state index contributed by atoms with van der Waals surface area (Å²) in [6.45, 7) is 1.90. The number of hydrogen-bond donors (Lipinski definition) is 2. The molecule has 1 atom stereocenters. The van der Waals surface area contributed by atoms with Crippen molar-refractivity contribution in [2.24, 2.45) is 0 Å². The molecule has 1 unspecified atom stereocenters. The normalized spacial score (nSPS) is 13.4. The Kier molecular flexibility index (Phi) is 2.39. The summed E-state index contributed by atoms with van der Waals surface area (Å²) in [6, 6.07) is 1.70. The first-order chi connectivity index (χ1) is 6.72. The Labute approximate surface area is 85.9 Å². The molecule has 0 saturated heterocycles. The molecular weight excluding hydrogens is 202 g/mol. The van der Waals surface area contributed by atoms with Crippen LogP contribution in [0.5, 0.6) is 0 Å². The first-order valence-electron chi connectivity index (χ1n) is 4.40. The molecule has 2 heterocycles. The fourth-order valence-electron chi connectivity index (χ4n) is 1.37. The van der Waals surface area contributed by atoms with Crippen LogP contribution in [0, 0.1) is 0 Å². The Bertz CT molecular complexity index is 454. The predicted octanol–water partition coefficient (Wildman–Crippen LogP) is 2.05. The van der Waals surface area contributed by atoms with Crippen LogP contribution in [0.15, 0.2) is 12.3 Å². The fraction of sp³-hybridized carbons (Fsp3) is 0.333. The second kappa shape index (κ2) is 3.55. The van der Waals surface area contributed by atoms with Crippen LogP contribution < -0.4 is 0 Å². The monoisotopic (exact) mass is 211 g/mol. The smallest absolute Gasteiger partial charge is 0.129 e. The van der Waals surface area contributed by atoms with Crippen molar-refractivity contribution in [1.29, 1.82) is 0 Å². The number of rotatable bonds is 2. The lowest BCUT2D eigenvalue weighted by Gasteiger charge is -2.04. The fourth-order valence-corrected chi connectivity index (χ4v) is 1.52. The number of nitrogens with zero attached hydrogens (tertiary/aromatic N) is 2. The van der Waals surface area contributed by atoms with Gasteiger partial charge in [-0.25, -0.2) is 4.98 Å². The Morgan fingerprint density at radius 1 is 1.64 bits per heavy atom. The molecule has 0 aliphatic rings.